The van der Waals surface area contributed by atoms with Gasteiger partial charge in [0.1, 0.15) is 5.75 Å². The number of nitrogen functional groups attached to an aromatic ring is 1. The highest BCUT2D eigenvalue weighted by Gasteiger charge is 2.34. The summed E-state index contributed by atoms with van der Waals surface area (Å²) in [5.74, 6) is -0.673. The summed E-state index contributed by atoms with van der Waals surface area (Å²) in [5.41, 5.74) is 7.79. The molecule has 2 aromatic rings. The Kier molecular flexibility index (Phi) is 4.37. The second-order valence-electron chi connectivity index (χ2n) is 5.66. The molecule has 0 radical (unpaired) electrons. The van der Waals surface area contributed by atoms with Crippen molar-refractivity contribution in [2.24, 2.45) is 0 Å². The minimum absolute atomic E-state index is 0.0826. The smallest absolute Gasteiger partial charge is 0.305 e. The van der Waals surface area contributed by atoms with Crippen molar-refractivity contribution in [1.29, 1.82) is 0 Å². The first-order valence-corrected chi connectivity index (χ1v) is 7.68. The van der Waals surface area contributed by atoms with Crippen LogP contribution in [0, 0.1) is 0 Å². The number of rotatable bonds is 5. The van der Waals surface area contributed by atoms with E-state index in [1.54, 1.807) is 18.2 Å². The second-order valence-corrected chi connectivity index (χ2v) is 5.66. The quantitative estimate of drug-likeness (QED) is 0.821. The summed E-state index contributed by atoms with van der Waals surface area (Å²) in [4.78, 5) is 25.1. The molecule has 1 amide bonds. The van der Waals surface area contributed by atoms with Crippen LogP contribution in [0.4, 0.5) is 11.4 Å². The molecule has 1 unspecified atom stereocenters. The fourth-order valence-electron chi connectivity index (χ4n) is 2.74. The van der Waals surface area contributed by atoms with Gasteiger partial charge in [0.25, 0.3) is 5.91 Å². The summed E-state index contributed by atoms with van der Waals surface area (Å²) >= 11 is 0. The lowest BCUT2D eigenvalue weighted by molar-refractivity contribution is -0.136. The highest BCUT2D eigenvalue weighted by Crippen LogP contribution is 2.36. The first-order valence-electron chi connectivity index (χ1n) is 7.68. The van der Waals surface area contributed by atoms with Gasteiger partial charge in [0.2, 0.25) is 0 Å². The number of benzene rings is 2. The maximum atomic E-state index is 12.8. The molecule has 1 aliphatic heterocycles. The maximum absolute atomic E-state index is 12.8. The van der Waals surface area contributed by atoms with E-state index < -0.39 is 12.1 Å². The van der Waals surface area contributed by atoms with Gasteiger partial charge < -0.3 is 20.5 Å². The molecule has 6 heteroatoms. The first kappa shape index (κ1) is 15.9. The van der Waals surface area contributed by atoms with Crippen molar-refractivity contribution in [3.05, 3.63) is 54.1 Å². The molecular formula is C18H18N2O4. The van der Waals surface area contributed by atoms with Crippen LogP contribution < -0.4 is 15.4 Å². The number of anilines is 2. The minimum atomic E-state index is -0.959. The fraction of sp³-hybridized carbons (Fsp3) is 0.222. The monoisotopic (exact) mass is 326 g/mol. The number of ether oxygens (including phenoxy) is 1. The predicted molar refractivity (Wildman–Crippen MR) is 90.0 cm³/mol. The Labute approximate surface area is 139 Å². The van der Waals surface area contributed by atoms with Crippen molar-refractivity contribution in [3.63, 3.8) is 0 Å². The largest absolute Gasteiger partial charge is 0.481 e. The van der Waals surface area contributed by atoms with Crippen molar-refractivity contribution in [1.82, 2.24) is 0 Å². The third-order valence-corrected chi connectivity index (χ3v) is 3.90. The number of fused-ring (bicyclic) bond motifs is 1. The number of carbonyl (C=O) groups excluding carboxylic acids is 1. The summed E-state index contributed by atoms with van der Waals surface area (Å²) in [6.45, 7) is 0.0826. The molecule has 0 fully saturated rings. The lowest BCUT2D eigenvalue weighted by Gasteiger charge is -2.34. The van der Waals surface area contributed by atoms with Gasteiger partial charge in [-0.1, -0.05) is 30.3 Å². The highest BCUT2D eigenvalue weighted by molar-refractivity contribution is 6.01. The van der Waals surface area contributed by atoms with Gasteiger partial charge in [-0.05, 0) is 23.8 Å². The zero-order valence-electron chi connectivity index (χ0n) is 13.0. The summed E-state index contributed by atoms with van der Waals surface area (Å²) in [5, 5.41) is 8.94. The number of carboxylic acids is 1. The van der Waals surface area contributed by atoms with E-state index in [9.17, 15) is 9.59 Å². The van der Waals surface area contributed by atoms with Gasteiger partial charge in [-0.3, -0.25) is 9.59 Å². The van der Waals surface area contributed by atoms with Crippen LogP contribution in [0.3, 0.4) is 0 Å². The Morgan fingerprint density at radius 2 is 1.96 bits per heavy atom. The van der Waals surface area contributed by atoms with Crippen LogP contribution in [0.25, 0.3) is 0 Å². The summed E-state index contributed by atoms with van der Waals surface area (Å²) < 4.78 is 5.85. The SMILES string of the molecule is Nc1ccc2c(c1)N(CCC(=O)O)C(=O)C(Cc1ccccc1)O2. The van der Waals surface area contributed by atoms with Crippen molar-refractivity contribution >= 4 is 23.3 Å². The number of aliphatic carboxylic acids is 1. The van der Waals surface area contributed by atoms with E-state index in [1.165, 1.54) is 4.90 Å². The van der Waals surface area contributed by atoms with E-state index >= 15 is 0 Å². The average Bonchev–Trinajstić information content (AvgIpc) is 2.56. The number of amides is 1. The van der Waals surface area contributed by atoms with Gasteiger partial charge in [0.15, 0.2) is 6.10 Å². The third-order valence-electron chi connectivity index (χ3n) is 3.90. The van der Waals surface area contributed by atoms with Crippen molar-refractivity contribution in [3.8, 4) is 5.75 Å². The van der Waals surface area contributed by atoms with Crippen LogP contribution in [-0.4, -0.2) is 29.6 Å². The molecular weight excluding hydrogens is 308 g/mol. The Hall–Kier alpha value is -3.02. The Morgan fingerprint density at radius 3 is 2.67 bits per heavy atom. The first-order chi connectivity index (χ1) is 11.5. The molecule has 1 atom stereocenters. The number of carbonyl (C=O) groups is 2. The van der Waals surface area contributed by atoms with Gasteiger partial charge in [0, 0.05) is 18.7 Å². The second kappa shape index (κ2) is 6.62. The van der Waals surface area contributed by atoms with Gasteiger partial charge in [-0.2, -0.15) is 0 Å². The minimum Gasteiger partial charge on any atom is -0.481 e. The number of hydrogen-bond donors (Lipinski definition) is 2. The highest BCUT2D eigenvalue weighted by atomic mass is 16.5. The molecule has 0 saturated heterocycles. The third kappa shape index (κ3) is 3.32. The molecule has 6 nitrogen and oxygen atoms in total. The van der Waals surface area contributed by atoms with Crippen LogP contribution in [0.15, 0.2) is 48.5 Å². The van der Waals surface area contributed by atoms with Gasteiger partial charge in [-0.15, -0.1) is 0 Å². The van der Waals surface area contributed by atoms with E-state index in [0.717, 1.165) is 5.56 Å². The molecule has 0 saturated carbocycles. The lowest BCUT2D eigenvalue weighted by Crippen LogP contribution is -2.47. The zero-order valence-corrected chi connectivity index (χ0v) is 13.0. The van der Waals surface area contributed by atoms with E-state index in [-0.39, 0.29) is 18.9 Å². The van der Waals surface area contributed by atoms with Crippen molar-refractivity contribution < 1.29 is 19.4 Å². The molecule has 1 aliphatic rings. The zero-order chi connectivity index (χ0) is 17.1. The Balaban J connectivity index is 1.90. The number of carboxylic acid groups (broad SMARTS) is 1. The molecule has 0 aromatic heterocycles. The average molecular weight is 326 g/mol. The van der Waals surface area contributed by atoms with Crippen LogP contribution in [-0.2, 0) is 16.0 Å². The summed E-state index contributed by atoms with van der Waals surface area (Å²) in [7, 11) is 0. The topological polar surface area (TPSA) is 92.9 Å². The normalized spacial score (nSPS) is 16.4. The predicted octanol–water partition coefficient (Wildman–Crippen LogP) is 2.08. The van der Waals surface area contributed by atoms with Crippen molar-refractivity contribution in [2.75, 3.05) is 17.2 Å². The van der Waals surface area contributed by atoms with Crippen molar-refractivity contribution in [2.45, 2.75) is 18.9 Å². The standard InChI is InChI=1S/C18H18N2O4/c19-13-6-7-15-14(11-13)20(9-8-17(21)22)18(23)16(24-15)10-12-4-2-1-3-5-12/h1-7,11,16H,8-10,19H2,(H,21,22). The Morgan fingerprint density at radius 1 is 1.21 bits per heavy atom. The molecule has 24 heavy (non-hydrogen) atoms. The van der Waals surface area contributed by atoms with Crippen LogP contribution in [0.1, 0.15) is 12.0 Å². The molecule has 3 N–H and O–H groups in total. The molecule has 1 heterocycles. The van der Waals surface area contributed by atoms with Gasteiger partial charge in [-0.25, -0.2) is 0 Å². The molecule has 2 aromatic carbocycles. The number of nitrogens with zero attached hydrogens (tertiary/aromatic N) is 1. The van der Waals surface area contributed by atoms with E-state index in [4.69, 9.17) is 15.6 Å². The maximum Gasteiger partial charge on any atom is 0.305 e. The fourth-order valence-corrected chi connectivity index (χ4v) is 2.74. The van der Waals surface area contributed by atoms with E-state index in [0.29, 0.717) is 23.5 Å². The van der Waals surface area contributed by atoms with E-state index in [2.05, 4.69) is 0 Å². The molecule has 0 aliphatic carbocycles. The summed E-state index contributed by atoms with van der Waals surface area (Å²) in [6.07, 6.45) is -0.400. The molecule has 0 spiro atoms. The number of nitrogens with two attached hydrogens (primary N) is 1. The van der Waals surface area contributed by atoms with Crippen LogP contribution >= 0.6 is 0 Å². The van der Waals surface area contributed by atoms with Crippen LogP contribution in [0.2, 0.25) is 0 Å². The molecule has 0 bridgehead atoms. The van der Waals surface area contributed by atoms with Gasteiger partial charge >= 0.3 is 5.97 Å². The van der Waals surface area contributed by atoms with Crippen LogP contribution in [0.5, 0.6) is 5.75 Å². The van der Waals surface area contributed by atoms with Gasteiger partial charge in [0.05, 0.1) is 12.1 Å². The summed E-state index contributed by atoms with van der Waals surface area (Å²) in [6, 6.07) is 14.6. The lowest BCUT2D eigenvalue weighted by atomic mass is 10.0. The number of hydrogen-bond acceptors (Lipinski definition) is 4. The molecule has 124 valence electrons. The van der Waals surface area contributed by atoms with E-state index in [1.807, 2.05) is 30.3 Å². The Bertz CT molecular complexity index is 761. The molecule has 3 rings (SSSR count).